The molecule has 0 unspecified atom stereocenters. The molecule has 1 saturated carbocycles. The van der Waals surface area contributed by atoms with Crippen molar-refractivity contribution in [3.63, 3.8) is 0 Å². The molecule has 0 amide bonds. The molecular formula is C14H16O3. The van der Waals surface area contributed by atoms with Gasteiger partial charge < -0.3 is 14.9 Å². The second-order valence-corrected chi connectivity index (χ2v) is 4.81. The molecule has 3 nitrogen and oxygen atoms in total. The molecule has 1 aromatic rings. The lowest BCUT2D eigenvalue weighted by molar-refractivity contribution is -0.175. The van der Waals surface area contributed by atoms with Crippen LogP contribution in [-0.4, -0.2) is 29.0 Å². The van der Waals surface area contributed by atoms with E-state index in [0.717, 1.165) is 0 Å². The summed E-state index contributed by atoms with van der Waals surface area (Å²) in [5.74, 6) is 0.383. The van der Waals surface area contributed by atoms with Crippen LogP contribution in [-0.2, 0) is 4.74 Å². The van der Waals surface area contributed by atoms with Crippen LogP contribution in [0, 0.1) is 11.8 Å². The monoisotopic (exact) mass is 232 g/mol. The van der Waals surface area contributed by atoms with Crippen molar-refractivity contribution >= 4 is 0 Å². The van der Waals surface area contributed by atoms with Gasteiger partial charge >= 0.3 is 0 Å². The molecule has 0 bridgehead atoms. The van der Waals surface area contributed by atoms with Gasteiger partial charge in [-0.1, -0.05) is 30.3 Å². The summed E-state index contributed by atoms with van der Waals surface area (Å²) in [7, 11) is 0. The van der Waals surface area contributed by atoms with Gasteiger partial charge in [-0.15, -0.1) is 0 Å². The molecule has 2 N–H and O–H groups in total. The normalized spacial score (nSPS) is 38.4. The summed E-state index contributed by atoms with van der Waals surface area (Å²) in [5, 5.41) is 19.1. The number of benzene rings is 1. The van der Waals surface area contributed by atoms with E-state index in [9.17, 15) is 10.2 Å². The van der Waals surface area contributed by atoms with Crippen molar-refractivity contribution in [2.75, 3.05) is 13.2 Å². The fourth-order valence-electron chi connectivity index (χ4n) is 3.33. The molecule has 17 heavy (non-hydrogen) atoms. The number of aliphatic hydroxyl groups is 2. The summed E-state index contributed by atoms with van der Waals surface area (Å²) < 4.78 is 5.55. The highest BCUT2D eigenvalue weighted by atomic mass is 16.5. The van der Waals surface area contributed by atoms with Gasteiger partial charge in [0.1, 0.15) is 5.60 Å². The minimum Gasteiger partial charge on any atom is -0.492 e. The number of hydrogen-bond donors (Lipinski definition) is 2. The lowest BCUT2D eigenvalue weighted by atomic mass is 9.52. The van der Waals surface area contributed by atoms with Gasteiger partial charge in [0.25, 0.3) is 0 Å². The van der Waals surface area contributed by atoms with Gasteiger partial charge in [-0.2, -0.15) is 0 Å². The third-order valence-corrected chi connectivity index (χ3v) is 4.21. The molecule has 1 aliphatic carbocycles. The lowest BCUT2D eigenvalue weighted by Gasteiger charge is -2.55. The average Bonchev–Trinajstić information content (AvgIpc) is 2.72. The molecule has 90 valence electrons. The number of hydrogen-bond acceptors (Lipinski definition) is 3. The minimum absolute atomic E-state index is 0.0325. The Morgan fingerprint density at radius 1 is 1.18 bits per heavy atom. The van der Waals surface area contributed by atoms with E-state index >= 15 is 0 Å². The third kappa shape index (κ3) is 1.30. The fraction of sp³-hybridized carbons (Fsp3) is 0.429. The zero-order valence-electron chi connectivity index (χ0n) is 9.49. The Bertz CT molecular complexity index is 428. The van der Waals surface area contributed by atoms with Crippen molar-refractivity contribution < 1.29 is 14.9 Å². The zero-order chi connectivity index (χ0) is 11.9. The highest BCUT2D eigenvalue weighted by molar-refractivity contribution is 5.34. The molecular weight excluding hydrogens is 216 g/mol. The van der Waals surface area contributed by atoms with Crippen molar-refractivity contribution in [3.05, 3.63) is 48.2 Å². The van der Waals surface area contributed by atoms with Gasteiger partial charge in [-0.05, 0) is 11.6 Å². The Hall–Kier alpha value is -1.32. The van der Waals surface area contributed by atoms with Crippen LogP contribution in [0.25, 0.3) is 0 Å². The Balaban J connectivity index is 1.95. The fourth-order valence-corrected chi connectivity index (χ4v) is 3.33. The first kappa shape index (κ1) is 10.8. The Morgan fingerprint density at radius 2 is 1.94 bits per heavy atom. The second-order valence-electron chi connectivity index (χ2n) is 4.81. The van der Waals surface area contributed by atoms with E-state index in [0.29, 0.717) is 0 Å². The predicted octanol–water partition coefficient (Wildman–Crippen LogP) is 1.28. The van der Waals surface area contributed by atoms with Crippen molar-refractivity contribution in [2.24, 2.45) is 11.8 Å². The summed E-state index contributed by atoms with van der Waals surface area (Å²) in [4.78, 5) is 0. The maximum Gasteiger partial charge on any atom is 0.143 e. The van der Waals surface area contributed by atoms with Crippen LogP contribution in [0.15, 0.2) is 42.7 Å². The highest BCUT2D eigenvalue weighted by Gasteiger charge is 2.64. The summed E-state index contributed by atoms with van der Waals surface area (Å²) in [5.41, 5.74) is 0.616. The third-order valence-electron chi connectivity index (χ3n) is 4.21. The Kier molecular flexibility index (Phi) is 2.45. The molecule has 1 aliphatic heterocycles. The van der Waals surface area contributed by atoms with Gasteiger partial charge in [0.2, 0.25) is 0 Å². The number of fused-ring (bicyclic) bond motifs is 1. The maximum atomic E-state index is 9.54. The predicted molar refractivity (Wildman–Crippen MR) is 63.3 cm³/mol. The molecule has 1 heterocycles. The van der Waals surface area contributed by atoms with Gasteiger partial charge in [0.15, 0.2) is 0 Å². The summed E-state index contributed by atoms with van der Waals surface area (Å²) in [6.07, 6.45) is 3.66. The number of aliphatic hydroxyl groups excluding tert-OH is 2. The van der Waals surface area contributed by atoms with Crippen LogP contribution in [0.1, 0.15) is 11.5 Å². The molecule has 0 spiro atoms. The van der Waals surface area contributed by atoms with E-state index < -0.39 is 5.60 Å². The van der Waals surface area contributed by atoms with E-state index in [1.807, 2.05) is 24.3 Å². The van der Waals surface area contributed by atoms with Crippen LogP contribution in [0.2, 0.25) is 0 Å². The van der Waals surface area contributed by atoms with Crippen LogP contribution in [0.3, 0.4) is 0 Å². The standard InChI is InChI=1S/C14H16O3/c15-8-12-13(10-4-2-1-3-5-10)11-6-7-17-14(11,12)9-16/h1-7,11-13,15-16H,8-9H2/t11-,12+,13-,14-/m0/s1. The summed E-state index contributed by atoms with van der Waals surface area (Å²) in [6, 6.07) is 10.1. The first-order valence-corrected chi connectivity index (χ1v) is 5.94. The Morgan fingerprint density at radius 3 is 2.59 bits per heavy atom. The molecule has 2 aliphatic rings. The molecule has 0 saturated heterocycles. The smallest absolute Gasteiger partial charge is 0.143 e. The van der Waals surface area contributed by atoms with E-state index in [2.05, 4.69) is 12.1 Å². The molecule has 0 radical (unpaired) electrons. The van der Waals surface area contributed by atoms with Gasteiger partial charge in [-0.3, -0.25) is 0 Å². The van der Waals surface area contributed by atoms with Gasteiger partial charge in [0, 0.05) is 17.8 Å². The van der Waals surface area contributed by atoms with Crippen molar-refractivity contribution in [1.82, 2.24) is 0 Å². The van der Waals surface area contributed by atoms with Crippen molar-refractivity contribution in [2.45, 2.75) is 11.5 Å². The topological polar surface area (TPSA) is 49.7 Å². The van der Waals surface area contributed by atoms with Gasteiger partial charge in [-0.25, -0.2) is 0 Å². The quantitative estimate of drug-likeness (QED) is 0.825. The number of ether oxygens (including phenoxy) is 1. The van der Waals surface area contributed by atoms with E-state index in [-0.39, 0.29) is 31.0 Å². The molecule has 0 aromatic heterocycles. The maximum absolute atomic E-state index is 9.54. The highest BCUT2D eigenvalue weighted by Crippen LogP contribution is 2.59. The SMILES string of the molecule is OC[C@@H]1[C@@H](c2ccccc2)[C@@H]2C=CO[C@]12CO. The first-order valence-electron chi connectivity index (χ1n) is 5.94. The molecule has 1 fully saturated rings. The van der Waals surface area contributed by atoms with Crippen LogP contribution >= 0.6 is 0 Å². The van der Waals surface area contributed by atoms with E-state index in [4.69, 9.17) is 4.74 Å². The van der Waals surface area contributed by atoms with E-state index in [1.54, 1.807) is 6.26 Å². The van der Waals surface area contributed by atoms with Crippen LogP contribution in [0.5, 0.6) is 0 Å². The van der Waals surface area contributed by atoms with Crippen molar-refractivity contribution in [3.8, 4) is 0 Å². The van der Waals surface area contributed by atoms with Crippen LogP contribution in [0.4, 0.5) is 0 Å². The number of rotatable bonds is 3. The Labute approximate surface area is 100 Å². The van der Waals surface area contributed by atoms with Crippen LogP contribution < -0.4 is 0 Å². The largest absolute Gasteiger partial charge is 0.492 e. The average molecular weight is 232 g/mol. The molecule has 1 aromatic carbocycles. The zero-order valence-corrected chi connectivity index (χ0v) is 9.49. The second kappa shape index (κ2) is 3.86. The minimum atomic E-state index is -0.588. The molecule has 3 heteroatoms. The lowest BCUT2D eigenvalue weighted by Crippen LogP contribution is -2.63. The molecule has 4 atom stereocenters. The summed E-state index contributed by atoms with van der Waals surface area (Å²) in [6.45, 7) is -0.00245. The molecule has 3 rings (SSSR count). The van der Waals surface area contributed by atoms with Crippen molar-refractivity contribution in [1.29, 1.82) is 0 Å². The first-order chi connectivity index (χ1) is 8.33. The van der Waals surface area contributed by atoms with Gasteiger partial charge in [0.05, 0.1) is 19.5 Å². The van der Waals surface area contributed by atoms with E-state index in [1.165, 1.54) is 5.56 Å². The summed E-state index contributed by atoms with van der Waals surface area (Å²) >= 11 is 0.